The molecule has 6 nitrogen and oxygen atoms in total. The van der Waals surface area contributed by atoms with Crippen LogP contribution in [0.5, 0.6) is 11.5 Å². The zero-order valence-electron chi connectivity index (χ0n) is 15.0. The first-order chi connectivity index (χ1) is 13.6. The van der Waals surface area contributed by atoms with Gasteiger partial charge in [0, 0.05) is 17.5 Å². The van der Waals surface area contributed by atoms with Crippen LogP contribution >= 0.6 is 0 Å². The summed E-state index contributed by atoms with van der Waals surface area (Å²) in [5, 5.41) is 6.73. The van der Waals surface area contributed by atoms with E-state index in [9.17, 15) is 13.6 Å². The van der Waals surface area contributed by atoms with Crippen molar-refractivity contribution in [3.63, 3.8) is 0 Å². The Morgan fingerprint density at radius 2 is 2.14 bits per heavy atom. The second-order valence-corrected chi connectivity index (χ2v) is 6.43. The van der Waals surface area contributed by atoms with Crippen LogP contribution < -0.4 is 15.0 Å². The Balaban J connectivity index is 1.85. The largest absolute Gasteiger partial charge is 0.487 e. The molecule has 2 heterocycles. The average Bonchev–Trinajstić information content (AvgIpc) is 3.39. The highest BCUT2D eigenvalue weighted by atomic mass is 19.3. The van der Waals surface area contributed by atoms with Crippen LogP contribution in [0.4, 0.5) is 8.78 Å². The van der Waals surface area contributed by atoms with Gasteiger partial charge in [-0.2, -0.15) is 13.9 Å². The lowest BCUT2D eigenvalue weighted by Gasteiger charge is -2.13. The standard InChI is InChI=1S/C20H17F2N3O3/c1-2-3-4-13-17-14(10-23-25-19(17)26)24-18(13)11-5-8-15(28-20(21)22)16(9-11)27-12-6-7-12/h5,8-10,12,20,24H,4,6-7H2,1H3,(H,25,26). The fourth-order valence-corrected chi connectivity index (χ4v) is 3.04. The molecule has 0 radical (unpaired) electrons. The molecular weight excluding hydrogens is 368 g/mol. The van der Waals surface area contributed by atoms with Crippen LogP contribution in [0.1, 0.15) is 25.3 Å². The van der Waals surface area contributed by atoms with Gasteiger partial charge in [0.2, 0.25) is 0 Å². The molecule has 0 bridgehead atoms. The third kappa shape index (κ3) is 3.56. The Hall–Kier alpha value is -3.34. The summed E-state index contributed by atoms with van der Waals surface area (Å²) in [6.07, 6.45) is 3.65. The van der Waals surface area contributed by atoms with Crippen LogP contribution in [0.3, 0.4) is 0 Å². The van der Waals surface area contributed by atoms with Crippen molar-refractivity contribution in [3.8, 4) is 34.6 Å². The van der Waals surface area contributed by atoms with Crippen LogP contribution in [0.25, 0.3) is 22.2 Å². The summed E-state index contributed by atoms with van der Waals surface area (Å²) in [6, 6.07) is 4.74. The minimum atomic E-state index is -2.94. The lowest BCUT2D eigenvalue weighted by atomic mass is 10.0. The summed E-state index contributed by atoms with van der Waals surface area (Å²) in [7, 11) is 0. The van der Waals surface area contributed by atoms with E-state index in [-0.39, 0.29) is 23.2 Å². The molecule has 1 fully saturated rings. The summed E-state index contributed by atoms with van der Waals surface area (Å²) in [4.78, 5) is 15.5. The topological polar surface area (TPSA) is 80.0 Å². The number of halogens is 2. The highest BCUT2D eigenvalue weighted by molar-refractivity contribution is 5.90. The fraction of sp³-hybridized carbons (Fsp3) is 0.300. The van der Waals surface area contributed by atoms with E-state index in [2.05, 4.69) is 31.8 Å². The quantitative estimate of drug-likeness (QED) is 0.635. The van der Waals surface area contributed by atoms with Crippen molar-refractivity contribution in [2.45, 2.75) is 38.9 Å². The molecule has 3 aromatic rings. The predicted octanol–water partition coefficient (Wildman–Crippen LogP) is 3.63. The molecule has 0 spiro atoms. The molecule has 28 heavy (non-hydrogen) atoms. The molecule has 4 rings (SSSR count). The third-order valence-electron chi connectivity index (χ3n) is 4.43. The van der Waals surface area contributed by atoms with Gasteiger partial charge < -0.3 is 14.5 Å². The van der Waals surface area contributed by atoms with Crippen molar-refractivity contribution < 1.29 is 18.3 Å². The first-order valence-electron chi connectivity index (χ1n) is 8.80. The normalized spacial score (nSPS) is 13.4. The van der Waals surface area contributed by atoms with E-state index in [1.165, 1.54) is 12.3 Å². The summed E-state index contributed by atoms with van der Waals surface area (Å²) < 4.78 is 35.8. The molecule has 8 heteroatoms. The number of hydrogen-bond acceptors (Lipinski definition) is 4. The predicted molar refractivity (Wildman–Crippen MR) is 99.6 cm³/mol. The monoisotopic (exact) mass is 385 g/mol. The number of nitrogens with zero attached hydrogens (tertiary/aromatic N) is 1. The number of rotatable bonds is 6. The van der Waals surface area contributed by atoms with Crippen LogP contribution in [-0.4, -0.2) is 27.9 Å². The molecule has 0 aliphatic heterocycles. The smallest absolute Gasteiger partial charge is 0.387 e. The number of H-pyrrole nitrogens is 2. The van der Waals surface area contributed by atoms with Crippen molar-refractivity contribution in [1.82, 2.24) is 15.2 Å². The highest BCUT2D eigenvalue weighted by Crippen LogP contribution is 2.39. The molecule has 0 atom stereocenters. The molecule has 1 aliphatic rings. The number of benzene rings is 1. The molecule has 0 unspecified atom stereocenters. The van der Waals surface area contributed by atoms with Crippen LogP contribution in [0, 0.1) is 11.8 Å². The molecular formula is C20H17F2N3O3. The maximum absolute atomic E-state index is 12.7. The van der Waals surface area contributed by atoms with Crippen molar-refractivity contribution in [2.75, 3.05) is 0 Å². The fourth-order valence-electron chi connectivity index (χ4n) is 3.04. The molecule has 144 valence electrons. The lowest BCUT2D eigenvalue weighted by Crippen LogP contribution is -2.08. The van der Waals surface area contributed by atoms with E-state index in [0.29, 0.717) is 34.1 Å². The number of nitrogens with one attached hydrogen (secondary N) is 2. The molecule has 2 N–H and O–H groups in total. The van der Waals surface area contributed by atoms with Gasteiger partial charge in [0.15, 0.2) is 11.5 Å². The Labute approximate surface area is 158 Å². The van der Waals surface area contributed by atoms with Gasteiger partial charge in [-0.15, -0.1) is 5.92 Å². The zero-order chi connectivity index (χ0) is 19.7. The van der Waals surface area contributed by atoms with Gasteiger partial charge in [-0.1, -0.05) is 5.92 Å². The van der Waals surface area contributed by atoms with E-state index in [1.807, 2.05) is 0 Å². The SMILES string of the molecule is CC#CCc1c(-c2ccc(OC(F)F)c(OC3CC3)c2)[nH]c2cn[nH]c(=O)c12. The van der Waals surface area contributed by atoms with Gasteiger partial charge in [0.05, 0.1) is 28.9 Å². The Kier molecular flexibility index (Phi) is 4.74. The average molecular weight is 385 g/mol. The van der Waals surface area contributed by atoms with Crippen molar-refractivity contribution >= 4 is 10.9 Å². The lowest BCUT2D eigenvalue weighted by molar-refractivity contribution is -0.0516. The molecule has 0 amide bonds. The zero-order valence-corrected chi connectivity index (χ0v) is 15.0. The van der Waals surface area contributed by atoms with Gasteiger partial charge in [0.1, 0.15) is 0 Å². The molecule has 2 aromatic heterocycles. The van der Waals surface area contributed by atoms with Crippen LogP contribution in [0.15, 0.2) is 29.2 Å². The number of fused-ring (bicyclic) bond motifs is 1. The van der Waals surface area contributed by atoms with Gasteiger partial charge in [0.25, 0.3) is 5.56 Å². The molecule has 1 aromatic carbocycles. The Bertz CT molecular complexity index is 1140. The second kappa shape index (κ2) is 7.35. The van der Waals surface area contributed by atoms with E-state index in [0.717, 1.165) is 12.8 Å². The first-order valence-corrected chi connectivity index (χ1v) is 8.80. The van der Waals surface area contributed by atoms with E-state index in [1.54, 1.807) is 19.1 Å². The van der Waals surface area contributed by atoms with Crippen molar-refractivity contribution in [2.24, 2.45) is 0 Å². The number of aromatic nitrogens is 3. The summed E-state index contributed by atoms with van der Waals surface area (Å²) >= 11 is 0. The molecule has 1 aliphatic carbocycles. The summed E-state index contributed by atoms with van der Waals surface area (Å²) in [5.41, 5.74) is 2.32. The minimum absolute atomic E-state index is 0.00968. The van der Waals surface area contributed by atoms with Gasteiger partial charge in [-0.25, -0.2) is 5.10 Å². The second-order valence-electron chi connectivity index (χ2n) is 6.43. The minimum Gasteiger partial charge on any atom is -0.487 e. The molecule has 1 saturated carbocycles. The van der Waals surface area contributed by atoms with Crippen molar-refractivity contribution in [3.05, 3.63) is 40.3 Å². The van der Waals surface area contributed by atoms with Crippen LogP contribution in [-0.2, 0) is 6.42 Å². The van der Waals surface area contributed by atoms with Crippen molar-refractivity contribution in [1.29, 1.82) is 0 Å². The summed E-state index contributed by atoms with van der Waals surface area (Å²) in [6.45, 7) is -1.22. The number of ether oxygens (including phenoxy) is 2. The van der Waals surface area contributed by atoms with E-state index < -0.39 is 6.61 Å². The van der Waals surface area contributed by atoms with E-state index >= 15 is 0 Å². The van der Waals surface area contributed by atoms with Gasteiger partial charge in [-0.05, 0) is 38.0 Å². The van der Waals surface area contributed by atoms with Crippen LogP contribution in [0.2, 0.25) is 0 Å². The highest BCUT2D eigenvalue weighted by Gasteiger charge is 2.26. The molecule has 0 saturated heterocycles. The number of aromatic amines is 2. The maximum atomic E-state index is 12.7. The number of alkyl halides is 2. The first kappa shape index (κ1) is 18.0. The van der Waals surface area contributed by atoms with Gasteiger partial charge in [-0.3, -0.25) is 4.79 Å². The third-order valence-corrected chi connectivity index (χ3v) is 4.43. The Morgan fingerprint density at radius 1 is 1.32 bits per heavy atom. The Morgan fingerprint density at radius 3 is 2.86 bits per heavy atom. The summed E-state index contributed by atoms with van der Waals surface area (Å²) in [5.74, 6) is 6.03. The maximum Gasteiger partial charge on any atom is 0.387 e. The number of hydrogen-bond donors (Lipinski definition) is 2. The van der Waals surface area contributed by atoms with Gasteiger partial charge >= 0.3 is 6.61 Å². The van der Waals surface area contributed by atoms with E-state index in [4.69, 9.17) is 4.74 Å².